The number of nitrogens with one attached hydrogen (secondary N) is 1. The van der Waals surface area contributed by atoms with E-state index >= 15 is 0 Å². The van der Waals surface area contributed by atoms with Crippen molar-refractivity contribution < 1.29 is 0 Å². The summed E-state index contributed by atoms with van der Waals surface area (Å²) in [5, 5.41) is 3.31. The van der Waals surface area contributed by atoms with E-state index in [1.807, 2.05) is 30.3 Å². The highest BCUT2D eigenvalue weighted by atomic mass is 32.1. The Morgan fingerprint density at radius 2 is 1.88 bits per heavy atom. The van der Waals surface area contributed by atoms with Crippen LogP contribution in [0.4, 0.5) is 0 Å². The molecule has 0 saturated carbocycles. The standard InChI is InChI=1S/C17H14N4O2S/c22-15-13-11-8-4-5-9-12(11)24-14(13)18-16-20(17(23)19-21(15)16)10-6-2-1-3-7-10/h1-3,6-7H,4-5,8-9H2,(H,19,23). The smallest absolute Gasteiger partial charge is 0.267 e. The van der Waals surface area contributed by atoms with E-state index < -0.39 is 0 Å². The maximum Gasteiger partial charge on any atom is 0.348 e. The van der Waals surface area contributed by atoms with E-state index in [1.165, 1.54) is 14.0 Å². The Bertz CT molecular complexity index is 1200. The van der Waals surface area contributed by atoms with Gasteiger partial charge < -0.3 is 0 Å². The summed E-state index contributed by atoms with van der Waals surface area (Å²) < 4.78 is 2.72. The Labute approximate surface area is 140 Å². The van der Waals surface area contributed by atoms with Crippen molar-refractivity contribution in [3.63, 3.8) is 0 Å². The number of hydrogen-bond acceptors (Lipinski definition) is 4. The first-order valence-corrected chi connectivity index (χ1v) is 8.79. The second-order valence-corrected chi connectivity index (χ2v) is 7.11. The number of para-hydroxylation sites is 1. The van der Waals surface area contributed by atoms with Gasteiger partial charge in [0, 0.05) is 4.88 Å². The largest absolute Gasteiger partial charge is 0.348 e. The van der Waals surface area contributed by atoms with Gasteiger partial charge in [0.1, 0.15) is 4.83 Å². The fraction of sp³-hybridized carbons (Fsp3) is 0.235. The van der Waals surface area contributed by atoms with Crippen molar-refractivity contribution in [3.8, 4) is 5.69 Å². The molecule has 3 heterocycles. The number of aryl methyl sites for hydroxylation is 2. The summed E-state index contributed by atoms with van der Waals surface area (Å²) in [7, 11) is 0. The van der Waals surface area contributed by atoms with Gasteiger partial charge in [-0.3, -0.25) is 4.79 Å². The van der Waals surface area contributed by atoms with Gasteiger partial charge in [-0.15, -0.1) is 11.3 Å². The fourth-order valence-corrected chi connectivity index (χ4v) is 4.74. The summed E-state index contributed by atoms with van der Waals surface area (Å²) in [6.45, 7) is 0. The normalized spacial score (nSPS) is 14.3. The molecule has 0 radical (unpaired) electrons. The molecule has 0 atom stereocenters. The Kier molecular flexibility index (Phi) is 2.81. The van der Waals surface area contributed by atoms with Crippen molar-refractivity contribution >= 4 is 27.3 Å². The van der Waals surface area contributed by atoms with Gasteiger partial charge in [-0.25, -0.2) is 19.4 Å². The molecule has 0 unspecified atom stereocenters. The first kappa shape index (κ1) is 13.7. The molecule has 6 nitrogen and oxygen atoms in total. The molecule has 0 spiro atoms. The van der Waals surface area contributed by atoms with E-state index in [2.05, 4.69) is 10.1 Å². The fourth-order valence-electron chi connectivity index (χ4n) is 3.49. The molecule has 1 aliphatic carbocycles. The molecule has 0 aliphatic heterocycles. The van der Waals surface area contributed by atoms with Crippen LogP contribution in [0.25, 0.3) is 21.7 Å². The molecule has 1 N–H and O–H groups in total. The van der Waals surface area contributed by atoms with Crippen LogP contribution in [0.15, 0.2) is 39.9 Å². The molecule has 24 heavy (non-hydrogen) atoms. The third-order valence-corrected chi connectivity index (χ3v) is 5.78. The first-order chi connectivity index (χ1) is 11.7. The first-order valence-electron chi connectivity index (χ1n) is 7.97. The van der Waals surface area contributed by atoms with Crippen LogP contribution in [-0.2, 0) is 12.8 Å². The van der Waals surface area contributed by atoms with Crippen LogP contribution in [0.1, 0.15) is 23.3 Å². The molecule has 4 aromatic rings. The van der Waals surface area contributed by atoms with Gasteiger partial charge in [0.05, 0.1) is 11.1 Å². The van der Waals surface area contributed by atoms with Crippen LogP contribution in [0, 0.1) is 0 Å². The lowest BCUT2D eigenvalue weighted by molar-refractivity contribution is 0.699. The number of H-pyrrole nitrogens is 1. The molecule has 1 aliphatic rings. The lowest BCUT2D eigenvalue weighted by atomic mass is 9.97. The maximum atomic E-state index is 13.0. The van der Waals surface area contributed by atoms with Crippen LogP contribution in [0.2, 0.25) is 0 Å². The van der Waals surface area contributed by atoms with Gasteiger partial charge >= 0.3 is 5.69 Å². The summed E-state index contributed by atoms with van der Waals surface area (Å²) >= 11 is 1.59. The van der Waals surface area contributed by atoms with Crippen molar-refractivity contribution in [2.45, 2.75) is 25.7 Å². The molecule has 120 valence electrons. The summed E-state index contributed by atoms with van der Waals surface area (Å²) in [6.07, 6.45) is 4.19. The predicted octanol–water partition coefficient (Wildman–Crippen LogP) is 2.27. The van der Waals surface area contributed by atoms with E-state index in [9.17, 15) is 9.59 Å². The molecule has 0 saturated heterocycles. The number of thiophene rings is 1. The van der Waals surface area contributed by atoms with Crippen LogP contribution in [-0.4, -0.2) is 19.2 Å². The average Bonchev–Trinajstić information content (AvgIpc) is 3.13. The molecule has 1 aromatic carbocycles. The van der Waals surface area contributed by atoms with E-state index in [1.54, 1.807) is 11.3 Å². The van der Waals surface area contributed by atoms with Crippen LogP contribution < -0.4 is 11.2 Å². The molecule has 0 amide bonds. The van der Waals surface area contributed by atoms with Gasteiger partial charge in [-0.05, 0) is 43.4 Å². The molecular weight excluding hydrogens is 324 g/mol. The minimum atomic E-state index is -0.364. The van der Waals surface area contributed by atoms with Gasteiger partial charge in [0.25, 0.3) is 5.56 Å². The number of fused-ring (bicyclic) bond motifs is 4. The minimum absolute atomic E-state index is 0.179. The lowest BCUT2D eigenvalue weighted by Crippen LogP contribution is -2.17. The highest BCUT2D eigenvalue weighted by Crippen LogP contribution is 2.33. The molecule has 0 fully saturated rings. The van der Waals surface area contributed by atoms with E-state index in [0.717, 1.165) is 36.1 Å². The Morgan fingerprint density at radius 3 is 2.71 bits per heavy atom. The maximum absolute atomic E-state index is 13.0. The minimum Gasteiger partial charge on any atom is -0.267 e. The van der Waals surface area contributed by atoms with Crippen molar-refractivity contribution in [3.05, 3.63) is 61.6 Å². The third kappa shape index (κ3) is 1.78. The average molecular weight is 338 g/mol. The van der Waals surface area contributed by atoms with Crippen LogP contribution >= 0.6 is 11.3 Å². The number of nitrogens with zero attached hydrogens (tertiary/aromatic N) is 3. The van der Waals surface area contributed by atoms with E-state index in [4.69, 9.17) is 0 Å². The van der Waals surface area contributed by atoms with Gasteiger partial charge in [0.2, 0.25) is 5.78 Å². The zero-order valence-corrected chi connectivity index (χ0v) is 13.6. The van der Waals surface area contributed by atoms with Gasteiger partial charge in [-0.2, -0.15) is 4.52 Å². The van der Waals surface area contributed by atoms with E-state index in [0.29, 0.717) is 16.9 Å². The third-order valence-electron chi connectivity index (χ3n) is 4.60. The second kappa shape index (κ2) is 4.91. The Balaban J connectivity index is 1.92. The Morgan fingerprint density at radius 1 is 1.08 bits per heavy atom. The van der Waals surface area contributed by atoms with Crippen molar-refractivity contribution in [2.75, 3.05) is 0 Å². The number of hydrogen-bond donors (Lipinski definition) is 1. The number of benzene rings is 1. The molecule has 5 rings (SSSR count). The van der Waals surface area contributed by atoms with Gasteiger partial charge in [-0.1, -0.05) is 18.2 Å². The Hall–Kier alpha value is -2.67. The molecule has 7 heteroatoms. The highest BCUT2D eigenvalue weighted by molar-refractivity contribution is 7.18. The number of rotatable bonds is 1. The highest BCUT2D eigenvalue weighted by Gasteiger charge is 2.22. The summed E-state index contributed by atoms with van der Waals surface area (Å²) in [5.74, 6) is 0.335. The quantitative estimate of drug-likeness (QED) is 0.579. The second-order valence-electron chi connectivity index (χ2n) is 6.03. The lowest BCUT2D eigenvalue weighted by Gasteiger charge is -2.09. The van der Waals surface area contributed by atoms with Crippen molar-refractivity contribution in [1.29, 1.82) is 0 Å². The topological polar surface area (TPSA) is 72.2 Å². The zero-order valence-electron chi connectivity index (χ0n) is 12.8. The number of aromatic amines is 1. The molecule has 3 aromatic heterocycles. The molecular formula is C17H14N4O2S. The SMILES string of the molecule is O=c1[nH]n2c(=O)c3c4c(sc3nc2n1-c1ccccc1)CCCC4. The van der Waals surface area contributed by atoms with Gasteiger partial charge in [0.15, 0.2) is 0 Å². The summed E-state index contributed by atoms with van der Waals surface area (Å²) in [5.41, 5.74) is 1.27. The van der Waals surface area contributed by atoms with Crippen molar-refractivity contribution in [1.82, 2.24) is 19.2 Å². The summed E-state index contributed by atoms with van der Waals surface area (Å²) in [6, 6.07) is 9.24. The van der Waals surface area contributed by atoms with Crippen molar-refractivity contribution in [2.24, 2.45) is 0 Å². The number of aromatic nitrogens is 4. The van der Waals surface area contributed by atoms with Crippen LogP contribution in [0.3, 0.4) is 0 Å². The van der Waals surface area contributed by atoms with E-state index in [-0.39, 0.29) is 11.2 Å². The predicted molar refractivity (Wildman–Crippen MR) is 93.4 cm³/mol. The zero-order chi connectivity index (χ0) is 16.3. The molecule has 0 bridgehead atoms. The summed E-state index contributed by atoms with van der Waals surface area (Å²) in [4.78, 5) is 32.0. The monoisotopic (exact) mass is 338 g/mol. The van der Waals surface area contributed by atoms with Crippen LogP contribution in [0.5, 0.6) is 0 Å².